The smallest absolute Gasteiger partial charge is 0.261 e. The number of hydrogen-bond acceptors (Lipinski definition) is 5. The molecular formula is C24H22N2O5. The number of amides is 3. The van der Waals surface area contributed by atoms with Crippen molar-refractivity contribution in [2.45, 2.75) is 12.8 Å². The third-order valence-corrected chi connectivity index (χ3v) is 5.28. The van der Waals surface area contributed by atoms with Crippen LogP contribution in [0.5, 0.6) is 11.5 Å². The van der Waals surface area contributed by atoms with Gasteiger partial charge in [0.25, 0.3) is 11.8 Å². The van der Waals surface area contributed by atoms with E-state index >= 15 is 0 Å². The van der Waals surface area contributed by atoms with Gasteiger partial charge in [-0.25, -0.2) is 0 Å². The lowest BCUT2D eigenvalue weighted by molar-refractivity contribution is -0.116. The number of nitrogens with zero attached hydrogens (tertiary/aromatic N) is 1. The highest BCUT2D eigenvalue weighted by atomic mass is 16.5. The molecule has 0 spiro atoms. The van der Waals surface area contributed by atoms with Gasteiger partial charge in [-0.15, -0.1) is 0 Å². The van der Waals surface area contributed by atoms with E-state index < -0.39 is 0 Å². The number of imide groups is 1. The topological polar surface area (TPSA) is 84.9 Å². The Hall–Kier alpha value is -3.87. The number of ether oxygens (including phenoxy) is 2. The Morgan fingerprint density at radius 2 is 1.48 bits per heavy atom. The zero-order valence-electron chi connectivity index (χ0n) is 17.3. The molecule has 3 aromatic carbocycles. The zero-order chi connectivity index (χ0) is 22.0. The molecule has 1 aliphatic heterocycles. The molecule has 0 fully saturated rings. The highest BCUT2D eigenvalue weighted by Gasteiger charge is 2.32. The molecule has 0 atom stereocenters. The second-order valence-corrected chi connectivity index (χ2v) is 7.22. The summed E-state index contributed by atoms with van der Waals surface area (Å²) in [5.74, 6) is 0.244. The first-order chi connectivity index (χ1) is 15.0. The number of methoxy groups -OCH3 is 2. The van der Waals surface area contributed by atoms with Crippen LogP contribution in [0.1, 0.15) is 33.6 Å². The van der Waals surface area contributed by atoms with E-state index in [4.69, 9.17) is 9.47 Å². The van der Waals surface area contributed by atoms with Crippen molar-refractivity contribution in [2.75, 3.05) is 26.1 Å². The van der Waals surface area contributed by atoms with Gasteiger partial charge < -0.3 is 14.8 Å². The maximum atomic E-state index is 12.9. The van der Waals surface area contributed by atoms with Crippen LogP contribution < -0.4 is 14.8 Å². The Bertz CT molecular complexity index is 1110. The summed E-state index contributed by atoms with van der Waals surface area (Å²) >= 11 is 0. The Labute approximate surface area is 179 Å². The summed E-state index contributed by atoms with van der Waals surface area (Å²) in [7, 11) is 3.07. The summed E-state index contributed by atoms with van der Waals surface area (Å²) in [5, 5.41) is 4.36. The molecule has 31 heavy (non-hydrogen) atoms. The number of benzene rings is 3. The van der Waals surface area contributed by atoms with E-state index in [1.54, 1.807) is 30.3 Å². The summed E-state index contributed by atoms with van der Waals surface area (Å²) < 4.78 is 10.4. The van der Waals surface area contributed by atoms with Gasteiger partial charge in [-0.2, -0.15) is 0 Å². The lowest BCUT2D eigenvalue weighted by atomic mass is 9.94. The van der Waals surface area contributed by atoms with Crippen LogP contribution in [0.4, 0.5) is 5.69 Å². The Morgan fingerprint density at radius 1 is 0.903 bits per heavy atom. The molecule has 0 bridgehead atoms. The van der Waals surface area contributed by atoms with E-state index in [1.807, 2.05) is 24.3 Å². The minimum atomic E-state index is -0.327. The van der Waals surface area contributed by atoms with E-state index in [9.17, 15) is 14.4 Å². The SMILES string of the molecule is COc1cc(NC(=O)CCCN2C(=O)c3cccc4cccc(c34)C2=O)cc(OC)c1. The lowest BCUT2D eigenvalue weighted by Crippen LogP contribution is -2.41. The molecule has 0 unspecified atom stereocenters. The summed E-state index contributed by atoms with van der Waals surface area (Å²) in [6.45, 7) is 0.164. The van der Waals surface area contributed by atoms with Gasteiger partial charge in [0.15, 0.2) is 0 Å². The molecule has 3 aromatic rings. The molecule has 0 saturated carbocycles. The molecule has 1 N–H and O–H groups in total. The Balaban J connectivity index is 1.42. The van der Waals surface area contributed by atoms with Crippen LogP contribution in [0.15, 0.2) is 54.6 Å². The number of anilines is 1. The van der Waals surface area contributed by atoms with Crippen molar-refractivity contribution in [3.63, 3.8) is 0 Å². The zero-order valence-corrected chi connectivity index (χ0v) is 17.3. The van der Waals surface area contributed by atoms with E-state index in [0.29, 0.717) is 40.1 Å². The van der Waals surface area contributed by atoms with Crippen LogP contribution in [0.25, 0.3) is 10.8 Å². The number of carbonyl (C=O) groups excluding carboxylic acids is 3. The maximum Gasteiger partial charge on any atom is 0.261 e. The minimum absolute atomic E-state index is 0.155. The van der Waals surface area contributed by atoms with Crippen molar-refractivity contribution < 1.29 is 23.9 Å². The summed E-state index contributed by atoms with van der Waals surface area (Å²) in [6.07, 6.45) is 0.505. The number of hydrogen-bond donors (Lipinski definition) is 1. The lowest BCUT2D eigenvalue weighted by Gasteiger charge is -2.27. The highest BCUT2D eigenvalue weighted by Crippen LogP contribution is 2.30. The van der Waals surface area contributed by atoms with E-state index in [0.717, 1.165) is 5.39 Å². The van der Waals surface area contributed by atoms with Crippen molar-refractivity contribution in [3.05, 3.63) is 65.7 Å². The molecule has 4 rings (SSSR count). The van der Waals surface area contributed by atoms with Gasteiger partial charge in [0.05, 0.1) is 14.2 Å². The third kappa shape index (κ3) is 3.94. The van der Waals surface area contributed by atoms with Crippen LogP contribution in [0.3, 0.4) is 0 Å². The standard InChI is InChI=1S/C24H22N2O5/c1-30-17-12-16(13-18(14-17)31-2)25-21(27)10-5-11-26-23(28)19-8-3-6-15-7-4-9-20(22(15)19)24(26)29/h3-4,6-9,12-14H,5,10-11H2,1-2H3,(H,25,27). The van der Waals surface area contributed by atoms with Crippen molar-refractivity contribution in [2.24, 2.45) is 0 Å². The fraction of sp³-hybridized carbons (Fsp3) is 0.208. The first-order valence-electron chi connectivity index (χ1n) is 9.92. The van der Waals surface area contributed by atoms with Crippen LogP contribution in [0.2, 0.25) is 0 Å². The molecule has 0 saturated heterocycles. The average molecular weight is 418 g/mol. The Morgan fingerprint density at radius 3 is 2.03 bits per heavy atom. The molecular weight excluding hydrogens is 396 g/mol. The quantitative estimate of drug-likeness (QED) is 0.589. The van der Waals surface area contributed by atoms with Crippen LogP contribution in [-0.2, 0) is 4.79 Å². The Kier molecular flexibility index (Phi) is 5.58. The average Bonchev–Trinajstić information content (AvgIpc) is 2.79. The van der Waals surface area contributed by atoms with Gasteiger partial charge in [0, 0.05) is 53.4 Å². The van der Waals surface area contributed by atoms with Gasteiger partial charge in [-0.1, -0.05) is 24.3 Å². The fourth-order valence-electron chi connectivity index (χ4n) is 3.78. The van der Waals surface area contributed by atoms with Gasteiger partial charge in [0.1, 0.15) is 11.5 Å². The van der Waals surface area contributed by atoms with Crippen LogP contribution >= 0.6 is 0 Å². The first kappa shape index (κ1) is 20.4. The summed E-state index contributed by atoms with van der Waals surface area (Å²) in [5.41, 5.74) is 1.58. The third-order valence-electron chi connectivity index (χ3n) is 5.28. The van der Waals surface area contributed by atoms with Crippen molar-refractivity contribution in [1.29, 1.82) is 0 Å². The summed E-state index contributed by atoms with van der Waals surface area (Å²) in [4.78, 5) is 39.4. The predicted octanol–water partition coefficient (Wildman–Crippen LogP) is 3.87. The molecule has 0 aromatic heterocycles. The van der Waals surface area contributed by atoms with Crippen molar-refractivity contribution in [1.82, 2.24) is 4.90 Å². The highest BCUT2D eigenvalue weighted by molar-refractivity contribution is 6.25. The predicted molar refractivity (Wildman–Crippen MR) is 117 cm³/mol. The van der Waals surface area contributed by atoms with Gasteiger partial charge in [0.2, 0.25) is 5.91 Å². The molecule has 0 aliphatic carbocycles. The monoisotopic (exact) mass is 418 g/mol. The number of rotatable bonds is 7. The maximum absolute atomic E-state index is 12.9. The fourth-order valence-corrected chi connectivity index (χ4v) is 3.78. The number of nitrogens with one attached hydrogen (secondary N) is 1. The van der Waals surface area contributed by atoms with E-state index in [2.05, 4.69) is 5.32 Å². The van der Waals surface area contributed by atoms with Crippen molar-refractivity contribution >= 4 is 34.2 Å². The van der Waals surface area contributed by atoms with Crippen LogP contribution in [-0.4, -0.2) is 43.4 Å². The normalized spacial score (nSPS) is 12.8. The molecule has 7 heteroatoms. The largest absolute Gasteiger partial charge is 0.497 e. The van der Waals surface area contributed by atoms with Gasteiger partial charge >= 0.3 is 0 Å². The van der Waals surface area contributed by atoms with Crippen LogP contribution in [0, 0.1) is 0 Å². The molecule has 0 radical (unpaired) electrons. The molecule has 1 heterocycles. The van der Waals surface area contributed by atoms with E-state index in [1.165, 1.54) is 19.1 Å². The second-order valence-electron chi connectivity index (χ2n) is 7.22. The molecule has 3 amide bonds. The molecule has 7 nitrogen and oxygen atoms in total. The van der Waals surface area contributed by atoms with E-state index in [-0.39, 0.29) is 30.7 Å². The van der Waals surface area contributed by atoms with Crippen molar-refractivity contribution in [3.8, 4) is 11.5 Å². The minimum Gasteiger partial charge on any atom is -0.497 e. The van der Waals surface area contributed by atoms with Gasteiger partial charge in [-0.3, -0.25) is 19.3 Å². The first-order valence-corrected chi connectivity index (χ1v) is 9.92. The second kappa shape index (κ2) is 8.47. The number of carbonyl (C=O) groups is 3. The summed E-state index contributed by atoms with van der Waals surface area (Å²) in [6, 6.07) is 15.9. The molecule has 158 valence electrons. The molecule has 1 aliphatic rings. The van der Waals surface area contributed by atoms with Gasteiger partial charge in [-0.05, 0) is 23.9 Å².